The Morgan fingerprint density at radius 3 is 2.50 bits per heavy atom. The smallest absolute Gasteiger partial charge is 0.338 e. The largest absolute Gasteiger partial charge is 0.492 e. The molecule has 0 radical (unpaired) electrons. The molecule has 0 aliphatic carbocycles. The zero-order chi connectivity index (χ0) is 19.2. The molecule has 0 bridgehead atoms. The molecule has 2 aromatic carbocycles. The van der Waals surface area contributed by atoms with Crippen LogP contribution in [0.5, 0.6) is 5.75 Å². The van der Waals surface area contributed by atoms with Crippen LogP contribution in [0.3, 0.4) is 0 Å². The SMILES string of the molecule is CCOC(=O)c1ccc(S(=O)(=O)NCCOc2ccc(F)cc2)c(Br)c1. The molecular formula is C17H17BrFNO5S. The molecule has 1 N–H and O–H groups in total. The first kappa shape index (κ1) is 20.3. The van der Waals surface area contributed by atoms with Gasteiger partial charge in [-0.1, -0.05) is 0 Å². The number of rotatable bonds is 8. The lowest BCUT2D eigenvalue weighted by molar-refractivity contribution is 0.0526. The number of carbonyl (C=O) groups excluding carboxylic acids is 1. The van der Waals surface area contributed by atoms with Crippen molar-refractivity contribution in [3.63, 3.8) is 0 Å². The van der Waals surface area contributed by atoms with E-state index in [1.165, 1.54) is 42.5 Å². The van der Waals surface area contributed by atoms with Crippen LogP contribution >= 0.6 is 15.9 Å². The number of sulfonamides is 1. The van der Waals surface area contributed by atoms with Crippen LogP contribution in [0, 0.1) is 5.82 Å². The molecule has 0 saturated heterocycles. The maximum atomic E-state index is 12.8. The second kappa shape index (κ2) is 9.11. The monoisotopic (exact) mass is 445 g/mol. The maximum absolute atomic E-state index is 12.8. The minimum Gasteiger partial charge on any atom is -0.492 e. The Kier molecular flexibility index (Phi) is 7.13. The van der Waals surface area contributed by atoms with E-state index in [0.29, 0.717) is 5.75 Å². The number of halogens is 2. The summed E-state index contributed by atoms with van der Waals surface area (Å²) in [4.78, 5) is 11.7. The van der Waals surface area contributed by atoms with Crippen molar-refractivity contribution in [3.05, 3.63) is 58.3 Å². The third-order valence-corrected chi connectivity index (χ3v) is 5.65. The minimum atomic E-state index is -3.80. The van der Waals surface area contributed by atoms with Crippen LogP contribution < -0.4 is 9.46 Å². The molecule has 2 aromatic rings. The Hall–Kier alpha value is -1.97. The van der Waals surface area contributed by atoms with Crippen molar-refractivity contribution in [2.24, 2.45) is 0 Å². The van der Waals surface area contributed by atoms with E-state index in [0.717, 1.165) is 0 Å². The molecule has 0 heterocycles. The van der Waals surface area contributed by atoms with Crippen molar-refractivity contribution in [2.75, 3.05) is 19.8 Å². The molecule has 0 aliphatic rings. The fourth-order valence-corrected chi connectivity index (χ4v) is 4.10. The summed E-state index contributed by atoms with van der Waals surface area (Å²) in [5, 5.41) is 0. The molecule has 0 amide bonds. The first-order valence-corrected chi connectivity index (χ1v) is 9.96. The molecule has 9 heteroatoms. The first-order chi connectivity index (χ1) is 12.3. The number of carbonyl (C=O) groups is 1. The highest BCUT2D eigenvalue weighted by Crippen LogP contribution is 2.23. The van der Waals surface area contributed by atoms with E-state index in [1.54, 1.807) is 6.92 Å². The van der Waals surface area contributed by atoms with Crippen LogP contribution in [0.25, 0.3) is 0 Å². The van der Waals surface area contributed by atoms with Crippen molar-refractivity contribution in [1.29, 1.82) is 0 Å². The Morgan fingerprint density at radius 1 is 1.19 bits per heavy atom. The van der Waals surface area contributed by atoms with Gasteiger partial charge in [-0.15, -0.1) is 0 Å². The summed E-state index contributed by atoms with van der Waals surface area (Å²) < 4.78 is 50.4. The highest BCUT2D eigenvalue weighted by atomic mass is 79.9. The fraction of sp³-hybridized carbons (Fsp3) is 0.235. The topological polar surface area (TPSA) is 81.7 Å². The Bertz CT molecular complexity index is 871. The molecule has 0 aliphatic heterocycles. The highest BCUT2D eigenvalue weighted by Gasteiger charge is 2.19. The van der Waals surface area contributed by atoms with Crippen LogP contribution in [0.15, 0.2) is 51.8 Å². The zero-order valence-electron chi connectivity index (χ0n) is 13.9. The predicted molar refractivity (Wildman–Crippen MR) is 97.2 cm³/mol. The number of benzene rings is 2. The second-order valence-corrected chi connectivity index (χ2v) is 7.66. The minimum absolute atomic E-state index is 0.00710. The molecule has 0 fully saturated rings. The molecule has 0 atom stereocenters. The summed E-state index contributed by atoms with van der Waals surface area (Å²) in [6.07, 6.45) is 0. The highest BCUT2D eigenvalue weighted by molar-refractivity contribution is 9.10. The van der Waals surface area contributed by atoms with Gasteiger partial charge >= 0.3 is 5.97 Å². The van der Waals surface area contributed by atoms with Crippen LogP contribution in [-0.2, 0) is 14.8 Å². The van der Waals surface area contributed by atoms with Crippen molar-refractivity contribution < 1.29 is 27.1 Å². The third kappa shape index (κ3) is 5.52. The van der Waals surface area contributed by atoms with E-state index >= 15 is 0 Å². The zero-order valence-corrected chi connectivity index (χ0v) is 16.3. The van der Waals surface area contributed by atoms with Gasteiger partial charge in [0.15, 0.2) is 0 Å². The summed E-state index contributed by atoms with van der Waals surface area (Å²) in [6, 6.07) is 9.50. The van der Waals surface area contributed by atoms with Gasteiger partial charge in [0.05, 0.1) is 17.1 Å². The standard InChI is InChI=1S/C17H17BrFNO5S/c1-2-24-17(21)12-3-8-16(15(18)11-12)26(22,23)20-9-10-25-14-6-4-13(19)5-7-14/h3-8,11,20H,2,9-10H2,1H3. The van der Waals surface area contributed by atoms with Gasteiger partial charge in [-0.3, -0.25) is 0 Å². The summed E-state index contributed by atoms with van der Waals surface area (Å²) >= 11 is 3.16. The van der Waals surface area contributed by atoms with Crippen molar-refractivity contribution in [3.8, 4) is 5.75 Å². The summed E-state index contributed by atoms with van der Waals surface area (Å²) in [6.45, 7) is 2.00. The van der Waals surface area contributed by atoms with E-state index in [9.17, 15) is 17.6 Å². The van der Waals surface area contributed by atoms with Gasteiger partial charge in [0, 0.05) is 11.0 Å². The van der Waals surface area contributed by atoms with Gasteiger partial charge < -0.3 is 9.47 Å². The van der Waals surface area contributed by atoms with Gasteiger partial charge in [-0.05, 0) is 65.3 Å². The van der Waals surface area contributed by atoms with E-state index in [1.807, 2.05) is 0 Å². The molecular weight excluding hydrogens is 429 g/mol. The Morgan fingerprint density at radius 2 is 1.88 bits per heavy atom. The number of esters is 1. The van der Waals surface area contributed by atoms with Crippen molar-refractivity contribution >= 4 is 31.9 Å². The summed E-state index contributed by atoms with van der Waals surface area (Å²) in [5.41, 5.74) is 0.248. The van der Waals surface area contributed by atoms with Crippen molar-refractivity contribution in [1.82, 2.24) is 4.72 Å². The summed E-state index contributed by atoms with van der Waals surface area (Å²) in [5.74, 6) is -0.474. The van der Waals surface area contributed by atoms with Gasteiger partial charge in [-0.2, -0.15) is 0 Å². The quantitative estimate of drug-likeness (QED) is 0.498. The number of hydrogen-bond donors (Lipinski definition) is 1. The van der Waals surface area contributed by atoms with Crippen LogP contribution in [0.4, 0.5) is 4.39 Å². The van der Waals surface area contributed by atoms with Gasteiger partial charge in [0.1, 0.15) is 18.2 Å². The lowest BCUT2D eigenvalue weighted by Crippen LogP contribution is -2.28. The fourth-order valence-electron chi connectivity index (χ4n) is 2.01. The van der Waals surface area contributed by atoms with Gasteiger partial charge in [-0.25, -0.2) is 22.3 Å². The molecule has 140 valence electrons. The third-order valence-electron chi connectivity index (χ3n) is 3.21. The van der Waals surface area contributed by atoms with E-state index < -0.39 is 16.0 Å². The van der Waals surface area contributed by atoms with Crippen LogP contribution in [-0.4, -0.2) is 34.1 Å². The predicted octanol–water partition coefficient (Wildman–Crippen LogP) is 3.12. The average Bonchev–Trinajstić information content (AvgIpc) is 2.60. The normalized spacial score (nSPS) is 11.2. The second-order valence-electron chi connectivity index (χ2n) is 5.07. The van der Waals surface area contributed by atoms with Crippen molar-refractivity contribution in [2.45, 2.75) is 11.8 Å². The van der Waals surface area contributed by atoms with Crippen LogP contribution in [0.2, 0.25) is 0 Å². The molecule has 0 unspecified atom stereocenters. The average molecular weight is 446 g/mol. The summed E-state index contributed by atoms with van der Waals surface area (Å²) in [7, 11) is -3.80. The van der Waals surface area contributed by atoms with E-state index in [-0.39, 0.29) is 40.5 Å². The lowest BCUT2D eigenvalue weighted by atomic mass is 10.2. The van der Waals surface area contributed by atoms with E-state index in [2.05, 4.69) is 20.7 Å². The number of nitrogens with one attached hydrogen (secondary N) is 1. The Balaban J connectivity index is 1.96. The van der Waals surface area contributed by atoms with E-state index in [4.69, 9.17) is 9.47 Å². The maximum Gasteiger partial charge on any atom is 0.338 e. The molecule has 0 saturated carbocycles. The lowest BCUT2D eigenvalue weighted by Gasteiger charge is -2.11. The molecule has 2 rings (SSSR count). The van der Waals surface area contributed by atoms with Gasteiger partial charge in [0.2, 0.25) is 10.0 Å². The molecule has 0 aromatic heterocycles. The molecule has 26 heavy (non-hydrogen) atoms. The number of ether oxygens (including phenoxy) is 2. The van der Waals surface area contributed by atoms with Crippen LogP contribution in [0.1, 0.15) is 17.3 Å². The number of hydrogen-bond acceptors (Lipinski definition) is 5. The van der Waals surface area contributed by atoms with Gasteiger partial charge in [0.25, 0.3) is 0 Å². The Labute approximate surface area is 159 Å². The molecule has 0 spiro atoms. The molecule has 6 nitrogen and oxygen atoms in total. The first-order valence-electron chi connectivity index (χ1n) is 7.68.